The van der Waals surface area contributed by atoms with Gasteiger partial charge >= 0.3 is 5.97 Å². The highest BCUT2D eigenvalue weighted by Gasteiger charge is 2.05. The van der Waals surface area contributed by atoms with E-state index in [0.717, 1.165) is 14.5 Å². The highest BCUT2D eigenvalue weighted by molar-refractivity contribution is 14.1. The van der Waals surface area contributed by atoms with Crippen LogP contribution in [0.4, 0.5) is 0 Å². The molecule has 64 valence electrons. The summed E-state index contributed by atoms with van der Waals surface area (Å²) >= 11 is 5.54. The summed E-state index contributed by atoms with van der Waals surface area (Å²) in [6.07, 6.45) is 0. The van der Waals surface area contributed by atoms with E-state index in [-0.39, 0.29) is 0 Å². The summed E-state index contributed by atoms with van der Waals surface area (Å²) in [5.74, 6) is -0.881. The number of carbonyl (C=O) groups is 1. The van der Waals surface area contributed by atoms with Crippen molar-refractivity contribution in [1.29, 1.82) is 0 Å². The van der Waals surface area contributed by atoms with Gasteiger partial charge in [-0.25, -0.2) is 4.79 Å². The van der Waals surface area contributed by atoms with E-state index in [9.17, 15) is 4.79 Å². The standard InChI is InChI=1S/C8H6BrIO2/c9-7-2-1-5(8(11)12)3-6(7)4-10/h1-3H,4H2,(H,11,12). The molecule has 1 aromatic rings. The summed E-state index contributed by atoms with van der Waals surface area (Å²) in [4.78, 5) is 10.6. The summed E-state index contributed by atoms with van der Waals surface area (Å²) in [6, 6.07) is 5.03. The normalized spacial score (nSPS) is 9.83. The van der Waals surface area contributed by atoms with Gasteiger partial charge in [-0.05, 0) is 23.8 Å². The van der Waals surface area contributed by atoms with Crippen LogP contribution in [0.25, 0.3) is 0 Å². The number of hydrogen-bond donors (Lipinski definition) is 1. The second-order valence-electron chi connectivity index (χ2n) is 2.24. The van der Waals surface area contributed by atoms with Gasteiger partial charge in [0.15, 0.2) is 0 Å². The number of halogens is 2. The molecule has 0 fully saturated rings. The summed E-state index contributed by atoms with van der Waals surface area (Å²) in [5.41, 5.74) is 1.35. The molecule has 0 radical (unpaired) electrons. The first-order valence-corrected chi connectivity index (χ1v) is 5.54. The van der Waals surface area contributed by atoms with Crippen molar-refractivity contribution in [3.8, 4) is 0 Å². The lowest BCUT2D eigenvalue weighted by Crippen LogP contribution is -1.96. The molecule has 12 heavy (non-hydrogen) atoms. The summed E-state index contributed by atoms with van der Waals surface area (Å²) in [7, 11) is 0. The minimum atomic E-state index is -0.881. The van der Waals surface area contributed by atoms with E-state index in [1.165, 1.54) is 0 Å². The first kappa shape index (κ1) is 9.98. The first-order valence-electron chi connectivity index (χ1n) is 3.23. The Kier molecular flexibility index (Phi) is 3.52. The molecule has 0 unspecified atom stereocenters. The van der Waals surface area contributed by atoms with E-state index in [0.29, 0.717) is 5.56 Å². The van der Waals surface area contributed by atoms with Crippen LogP contribution >= 0.6 is 38.5 Å². The highest BCUT2D eigenvalue weighted by atomic mass is 127. The second-order valence-corrected chi connectivity index (χ2v) is 3.86. The van der Waals surface area contributed by atoms with Crippen molar-refractivity contribution in [3.63, 3.8) is 0 Å². The van der Waals surface area contributed by atoms with Gasteiger partial charge in [-0.2, -0.15) is 0 Å². The van der Waals surface area contributed by atoms with Crippen LogP contribution in [0.1, 0.15) is 15.9 Å². The van der Waals surface area contributed by atoms with Crippen molar-refractivity contribution >= 4 is 44.5 Å². The Morgan fingerprint density at radius 3 is 2.75 bits per heavy atom. The molecule has 4 heteroatoms. The van der Waals surface area contributed by atoms with Crippen LogP contribution in [-0.4, -0.2) is 11.1 Å². The number of aromatic carboxylic acids is 1. The van der Waals surface area contributed by atoms with Gasteiger partial charge < -0.3 is 5.11 Å². The van der Waals surface area contributed by atoms with Gasteiger partial charge in [0.25, 0.3) is 0 Å². The Morgan fingerprint density at radius 2 is 2.25 bits per heavy atom. The molecule has 0 aromatic heterocycles. The predicted octanol–water partition coefficient (Wildman–Crippen LogP) is 3.08. The fourth-order valence-corrected chi connectivity index (χ4v) is 2.35. The van der Waals surface area contributed by atoms with Crippen LogP contribution < -0.4 is 0 Å². The van der Waals surface area contributed by atoms with E-state index in [2.05, 4.69) is 38.5 Å². The van der Waals surface area contributed by atoms with Gasteiger partial charge in [-0.3, -0.25) is 0 Å². The summed E-state index contributed by atoms with van der Waals surface area (Å²) in [6.45, 7) is 0. The van der Waals surface area contributed by atoms with Gasteiger partial charge in [0.05, 0.1) is 5.56 Å². The van der Waals surface area contributed by atoms with Crippen LogP contribution in [0.3, 0.4) is 0 Å². The lowest BCUT2D eigenvalue weighted by Gasteiger charge is -2.00. The maximum absolute atomic E-state index is 10.6. The number of rotatable bonds is 2. The minimum Gasteiger partial charge on any atom is -0.478 e. The minimum absolute atomic E-state index is 0.338. The van der Waals surface area contributed by atoms with Crippen molar-refractivity contribution in [1.82, 2.24) is 0 Å². The zero-order valence-corrected chi connectivity index (χ0v) is 9.79. The molecule has 1 rings (SSSR count). The second kappa shape index (κ2) is 4.23. The van der Waals surface area contributed by atoms with E-state index >= 15 is 0 Å². The summed E-state index contributed by atoms with van der Waals surface area (Å²) in [5, 5.41) is 8.68. The van der Waals surface area contributed by atoms with Crippen molar-refractivity contribution in [2.45, 2.75) is 4.43 Å². The molecule has 0 saturated heterocycles. The van der Waals surface area contributed by atoms with Crippen molar-refractivity contribution in [3.05, 3.63) is 33.8 Å². The maximum Gasteiger partial charge on any atom is 0.335 e. The Morgan fingerprint density at radius 1 is 1.58 bits per heavy atom. The Hall–Kier alpha value is -0.100. The monoisotopic (exact) mass is 340 g/mol. The third kappa shape index (κ3) is 2.20. The molecular weight excluding hydrogens is 335 g/mol. The zero-order valence-electron chi connectivity index (χ0n) is 6.05. The van der Waals surface area contributed by atoms with E-state index in [4.69, 9.17) is 5.11 Å². The number of hydrogen-bond acceptors (Lipinski definition) is 1. The van der Waals surface area contributed by atoms with Gasteiger partial charge in [-0.1, -0.05) is 38.5 Å². The molecule has 0 amide bonds. The topological polar surface area (TPSA) is 37.3 Å². The third-order valence-corrected chi connectivity index (χ3v) is 3.03. The fourth-order valence-electron chi connectivity index (χ4n) is 0.810. The first-order chi connectivity index (χ1) is 5.65. The maximum atomic E-state index is 10.6. The molecule has 0 bridgehead atoms. The third-order valence-electron chi connectivity index (χ3n) is 1.44. The average Bonchev–Trinajstić information content (AvgIpc) is 2.05. The van der Waals surface area contributed by atoms with E-state index in [1.54, 1.807) is 18.2 Å². The number of carboxylic acids is 1. The van der Waals surface area contributed by atoms with Gasteiger partial charge in [0.2, 0.25) is 0 Å². The average molecular weight is 341 g/mol. The van der Waals surface area contributed by atoms with Crippen LogP contribution in [-0.2, 0) is 4.43 Å². The largest absolute Gasteiger partial charge is 0.478 e. The van der Waals surface area contributed by atoms with Gasteiger partial charge in [0, 0.05) is 8.90 Å². The number of alkyl halides is 1. The van der Waals surface area contributed by atoms with Gasteiger partial charge in [-0.15, -0.1) is 0 Å². The SMILES string of the molecule is O=C(O)c1ccc(Br)c(CI)c1. The molecule has 0 atom stereocenters. The Labute approximate surface area is 92.2 Å². The molecule has 0 heterocycles. The molecular formula is C8H6BrIO2. The predicted molar refractivity (Wildman–Crippen MR) is 58.8 cm³/mol. The molecule has 1 aromatic carbocycles. The van der Waals surface area contributed by atoms with E-state index < -0.39 is 5.97 Å². The van der Waals surface area contributed by atoms with E-state index in [1.807, 2.05) is 0 Å². The molecule has 0 aliphatic heterocycles. The molecule has 1 N–H and O–H groups in total. The quantitative estimate of drug-likeness (QED) is 0.663. The van der Waals surface area contributed by atoms with Crippen molar-refractivity contribution in [2.75, 3.05) is 0 Å². The Bertz CT molecular complexity index is 312. The molecule has 0 spiro atoms. The summed E-state index contributed by atoms with van der Waals surface area (Å²) < 4.78 is 1.77. The lowest BCUT2D eigenvalue weighted by atomic mass is 10.1. The lowest BCUT2D eigenvalue weighted by molar-refractivity contribution is 0.0697. The molecule has 2 nitrogen and oxygen atoms in total. The smallest absolute Gasteiger partial charge is 0.335 e. The van der Waals surface area contributed by atoms with Crippen LogP contribution in [0.2, 0.25) is 0 Å². The number of benzene rings is 1. The molecule has 0 aliphatic rings. The van der Waals surface area contributed by atoms with Crippen molar-refractivity contribution in [2.24, 2.45) is 0 Å². The zero-order chi connectivity index (χ0) is 9.14. The van der Waals surface area contributed by atoms with Crippen LogP contribution in [0.15, 0.2) is 22.7 Å². The molecule has 0 aliphatic carbocycles. The van der Waals surface area contributed by atoms with Crippen LogP contribution in [0, 0.1) is 0 Å². The highest BCUT2D eigenvalue weighted by Crippen LogP contribution is 2.20. The van der Waals surface area contributed by atoms with Crippen molar-refractivity contribution < 1.29 is 9.90 Å². The molecule has 0 saturated carbocycles. The van der Waals surface area contributed by atoms with Crippen LogP contribution in [0.5, 0.6) is 0 Å². The number of carboxylic acid groups (broad SMARTS) is 1. The van der Waals surface area contributed by atoms with Gasteiger partial charge in [0.1, 0.15) is 0 Å². The Balaban J connectivity index is 3.13. The fraction of sp³-hybridized carbons (Fsp3) is 0.125.